The highest BCUT2D eigenvalue weighted by Crippen LogP contribution is 2.39. The lowest BCUT2D eigenvalue weighted by Gasteiger charge is -2.36. The first-order chi connectivity index (χ1) is 25.4. The number of hydrogen-bond acceptors (Lipinski definition) is 10. The smallest absolute Gasteiger partial charge is 0.306 e. The van der Waals surface area contributed by atoms with Crippen LogP contribution < -0.4 is 33.6 Å². The quantitative estimate of drug-likeness (QED) is 0.0796. The van der Waals surface area contributed by atoms with Crippen LogP contribution in [0.1, 0.15) is 46.1 Å². The summed E-state index contributed by atoms with van der Waals surface area (Å²) in [5.74, 6) is -0.281. The molecule has 5 aromatic rings. The molecule has 0 bridgehead atoms. The number of piperazine rings is 1. The summed E-state index contributed by atoms with van der Waals surface area (Å²) in [4.78, 5) is 27.7. The van der Waals surface area contributed by atoms with Crippen molar-refractivity contribution < 1.29 is 14.3 Å². The van der Waals surface area contributed by atoms with E-state index < -0.39 is 0 Å². The van der Waals surface area contributed by atoms with Crippen LogP contribution in [-0.4, -0.2) is 67.2 Å². The number of ether oxygens (including phenoxy) is 1. The molecule has 53 heavy (non-hydrogen) atoms. The monoisotopic (exact) mass is 720 g/mol. The fourth-order valence-corrected chi connectivity index (χ4v) is 6.15. The summed E-state index contributed by atoms with van der Waals surface area (Å²) in [6.45, 7) is 11.8. The van der Waals surface area contributed by atoms with Gasteiger partial charge in [-0.25, -0.2) is 0 Å². The summed E-state index contributed by atoms with van der Waals surface area (Å²) in [5, 5.41) is 11.3. The predicted molar refractivity (Wildman–Crippen MR) is 223 cm³/mol. The molecule has 0 spiro atoms. The van der Waals surface area contributed by atoms with Crippen molar-refractivity contribution in [2.45, 2.75) is 52.6 Å². The van der Waals surface area contributed by atoms with Crippen molar-refractivity contribution in [2.75, 3.05) is 73.4 Å². The van der Waals surface area contributed by atoms with E-state index in [-0.39, 0.29) is 30.4 Å². The third-order valence-electron chi connectivity index (χ3n) is 8.99. The number of rotatable bonds is 6. The third-order valence-corrected chi connectivity index (χ3v) is 8.99. The van der Waals surface area contributed by atoms with E-state index in [0.29, 0.717) is 18.7 Å². The number of carbonyl (C=O) groups excluding carboxylic acids is 2. The molecule has 2 aliphatic rings. The third kappa shape index (κ3) is 11.2. The van der Waals surface area contributed by atoms with Gasteiger partial charge in [0, 0.05) is 94.7 Å². The second-order valence-corrected chi connectivity index (χ2v) is 13.5. The van der Waals surface area contributed by atoms with Gasteiger partial charge in [-0.2, -0.15) is 0 Å². The summed E-state index contributed by atoms with van der Waals surface area (Å²) < 4.78 is 5.18. The van der Waals surface area contributed by atoms with Crippen molar-refractivity contribution in [1.29, 1.82) is 0 Å². The Morgan fingerprint density at radius 1 is 0.679 bits per heavy atom. The fraction of sp³-hybridized carbons (Fsp3) is 0.333. The van der Waals surface area contributed by atoms with E-state index in [9.17, 15) is 9.59 Å². The van der Waals surface area contributed by atoms with E-state index in [1.54, 1.807) is 0 Å². The average molecular weight is 721 g/mol. The first kappa shape index (κ1) is 40.1. The molecule has 5 aromatic carbocycles. The van der Waals surface area contributed by atoms with E-state index in [0.717, 1.165) is 76.3 Å². The Kier molecular flexibility index (Phi) is 14.1. The van der Waals surface area contributed by atoms with Crippen molar-refractivity contribution in [3.05, 3.63) is 96.6 Å². The van der Waals surface area contributed by atoms with Crippen molar-refractivity contribution in [1.82, 2.24) is 9.80 Å². The molecule has 0 saturated carbocycles. The standard InChI is InChI=1S/C17H25N3O3.C13H15N3.C10H10N2.C2H6/c1-19-9-11-20(12-10-19)16(21)6-7-17(22)23-13-8-14-2-4-15(18)5-3-14;1-13(2)15-10-5-3-4-8-9(14)6-7-11(16-13)12(8)10;11-9-5-6-10(12)8-4-2-1-3-7(8)9;1-2/h2-5H,6-13,18H2,1H3;3-7,15-16H,14H2,1-2H3;1-6H,11-12H2;1-2H3. The van der Waals surface area contributed by atoms with Gasteiger partial charge in [0.2, 0.25) is 5.91 Å². The molecule has 282 valence electrons. The normalized spacial score (nSPS) is 14.2. The Balaban J connectivity index is 0.000000182. The number of likely N-dealkylation sites (N-methyl/N-ethyl adjacent to an activating group) is 1. The number of carbonyl (C=O) groups is 2. The lowest BCUT2D eigenvalue weighted by atomic mass is 10.00. The molecule has 0 radical (unpaired) electrons. The minimum atomic E-state index is -0.317. The van der Waals surface area contributed by atoms with Gasteiger partial charge in [-0.05, 0) is 68.9 Å². The Bertz CT molecular complexity index is 1920. The summed E-state index contributed by atoms with van der Waals surface area (Å²) in [6, 6.07) is 29.2. The molecule has 0 aliphatic carbocycles. The molecular formula is C42H56N8O3. The van der Waals surface area contributed by atoms with Crippen molar-refractivity contribution >= 4 is 67.5 Å². The second kappa shape index (κ2) is 18.7. The first-order valence-corrected chi connectivity index (χ1v) is 18.3. The number of fused-ring (bicyclic) bond motifs is 1. The highest BCUT2D eigenvalue weighted by atomic mass is 16.5. The number of anilines is 6. The number of amides is 1. The number of esters is 1. The van der Waals surface area contributed by atoms with Crippen molar-refractivity contribution in [3.63, 3.8) is 0 Å². The maximum atomic E-state index is 12.0. The molecule has 0 aromatic heterocycles. The molecular weight excluding hydrogens is 665 g/mol. The molecule has 10 N–H and O–H groups in total. The van der Waals surface area contributed by atoms with Crippen LogP contribution in [0.3, 0.4) is 0 Å². The van der Waals surface area contributed by atoms with Gasteiger partial charge in [0.05, 0.1) is 13.0 Å². The van der Waals surface area contributed by atoms with Crippen LogP contribution in [0.25, 0.3) is 21.5 Å². The zero-order valence-corrected chi connectivity index (χ0v) is 31.7. The van der Waals surface area contributed by atoms with Gasteiger partial charge in [-0.3, -0.25) is 9.59 Å². The maximum absolute atomic E-state index is 12.0. The summed E-state index contributed by atoms with van der Waals surface area (Å²) in [6.07, 6.45) is 1.02. The SMILES string of the molecule is CC.CC1(C)Nc2cccc3c(N)ccc(c23)N1.CN1CCN(C(=O)CCC(=O)OCCc2ccc(N)cc2)CC1.Nc1ccc(N)c2ccccc12. The van der Waals surface area contributed by atoms with Crippen LogP contribution in [0.2, 0.25) is 0 Å². The van der Waals surface area contributed by atoms with E-state index in [1.165, 1.54) is 5.39 Å². The Morgan fingerprint density at radius 2 is 1.21 bits per heavy atom. The first-order valence-electron chi connectivity index (χ1n) is 18.3. The number of hydrogen-bond donors (Lipinski definition) is 6. The molecule has 7 rings (SSSR count). The molecule has 1 fully saturated rings. The van der Waals surface area contributed by atoms with Gasteiger partial charge in [0.1, 0.15) is 5.66 Å². The van der Waals surface area contributed by atoms with Gasteiger partial charge in [0.15, 0.2) is 0 Å². The largest absolute Gasteiger partial charge is 0.465 e. The lowest BCUT2D eigenvalue weighted by Crippen LogP contribution is -2.47. The van der Waals surface area contributed by atoms with Crippen LogP contribution in [0.4, 0.5) is 34.1 Å². The highest BCUT2D eigenvalue weighted by Gasteiger charge is 2.25. The van der Waals surface area contributed by atoms with Crippen molar-refractivity contribution in [2.24, 2.45) is 0 Å². The minimum absolute atomic E-state index is 0.0357. The Morgan fingerprint density at radius 3 is 1.81 bits per heavy atom. The number of nitrogens with one attached hydrogen (secondary N) is 2. The van der Waals surface area contributed by atoms with Crippen LogP contribution in [0, 0.1) is 0 Å². The summed E-state index contributed by atoms with van der Waals surface area (Å²) >= 11 is 0. The molecule has 0 unspecified atom stereocenters. The number of benzene rings is 5. The maximum Gasteiger partial charge on any atom is 0.306 e. The zero-order valence-electron chi connectivity index (χ0n) is 31.7. The van der Waals surface area contributed by atoms with Gasteiger partial charge >= 0.3 is 5.97 Å². The van der Waals surface area contributed by atoms with E-state index in [1.807, 2.05) is 105 Å². The minimum Gasteiger partial charge on any atom is -0.465 e. The van der Waals surface area contributed by atoms with Gasteiger partial charge in [-0.15, -0.1) is 0 Å². The van der Waals surface area contributed by atoms with Gasteiger partial charge in [0.25, 0.3) is 0 Å². The van der Waals surface area contributed by atoms with Crippen LogP contribution >= 0.6 is 0 Å². The predicted octanol–water partition coefficient (Wildman–Crippen LogP) is 6.93. The molecule has 1 amide bonds. The van der Waals surface area contributed by atoms with Crippen LogP contribution in [0.15, 0.2) is 91.0 Å². The van der Waals surface area contributed by atoms with E-state index in [2.05, 4.69) is 41.5 Å². The number of nitrogens with zero attached hydrogens (tertiary/aromatic N) is 2. The fourth-order valence-electron chi connectivity index (χ4n) is 6.15. The Hall–Kier alpha value is -5.68. The molecule has 11 nitrogen and oxygen atoms in total. The van der Waals surface area contributed by atoms with E-state index in [4.69, 9.17) is 27.7 Å². The van der Waals surface area contributed by atoms with Crippen molar-refractivity contribution in [3.8, 4) is 0 Å². The summed E-state index contributed by atoms with van der Waals surface area (Å²) in [7, 11) is 2.04. The Labute approximate surface area is 313 Å². The molecule has 0 atom stereocenters. The molecule has 2 heterocycles. The zero-order chi connectivity index (χ0) is 38.5. The van der Waals surface area contributed by atoms with E-state index >= 15 is 0 Å². The average Bonchev–Trinajstić information content (AvgIpc) is 3.16. The van der Waals surface area contributed by atoms with Crippen LogP contribution in [-0.2, 0) is 20.7 Å². The molecule has 1 saturated heterocycles. The highest BCUT2D eigenvalue weighted by molar-refractivity contribution is 6.09. The summed E-state index contributed by atoms with van der Waals surface area (Å²) in [5.41, 5.74) is 29.5. The van der Waals surface area contributed by atoms with Crippen LogP contribution in [0.5, 0.6) is 0 Å². The molecule has 11 heteroatoms. The molecule has 2 aliphatic heterocycles. The topological polar surface area (TPSA) is 178 Å². The number of nitrogens with two attached hydrogens (primary N) is 4. The van der Waals surface area contributed by atoms with Gasteiger partial charge in [-0.1, -0.05) is 62.4 Å². The van der Waals surface area contributed by atoms with Gasteiger partial charge < -0.3 is 48.1 Å². The number of nitrogen functional groups attached to an aromatic ring is 4. The lowest BCUT2D eigenvalue weighted by molar-refractivity contribution is -0.146. The second-order valence-electron chi connectivity index (χ2n) is 13.5.